The van der Waals surface area contributed by atoms with Gasteiger partial charge in [0.05, 0.1) is 0 Å². The Morgan fingerprint density at radius 1 is 1.05 bits per heavy atom. The zero-order valence-electron chi connectivity index (χ0n) is 13.2. The summed E-state index contributed by atoms with van der Waals surface area (Å²) >= 11 is 0. The van der Waals surface area contributed by atoms with Crippen molar-refractivity contribution < 1.29 is 18.8 Å². The second-order valence-corrected chi connectivity index (χ2v) is 11.1. The number of hydrogen-bond donors (Lipinski definition) is 0. The van der Waals surface area contributed by atoms with Crippen molar-refractivity contribution in [1.82, 2.24) is 0 Å². The van der Waals surface area contributed by atoms with E-state index in [9.17, 15) is 4.79 Å². The average molecular weight is 294 g/mol. The molecule has 0 rings (SSSR count). The minimum atomic E-state index is -2.47. The van der Waals surface area contributed by atoms with E-state index >= 15 is 0 Å². The number of hydrogen-bond acceptors (Lipinski definition) is 4. The molecule has 0 atom stereocenters. The summed E-state index contributed by atoms with van der Waals surface area (Å²) in [6.45, 7) is 7.38. The third-order valence-electron chi connectivity index (χ3n) is 4.02. The van der Waals surface area contributed by atoms with Crippen molar-refractivity contribution in [3.63, 3.8) is 0 Å². The van der Waals surface area contributed by atoms with Gasteiger partial charge in [-0.1, -0.05) is 0 Å². The van der Waals surface area contributed by atoms with Gasteiger partial charge in [0.2, 0.25) is 0 Å². The number of rotatable bonds is 11. The minimum absolute atomic E-state index is 0.0379. The third-order valence-corrected chi connectivity index (χ3v) is 10.8. The van der Waals surface area contributed by atoms with Crippen LogP contribution in [0.3, 0.4) is 0 Å². The van der Waals surface area contributed by atoms with Gasteiger partial charge in [-0.3, -0.25) is 0 Å². The molecule has 0 spiro atoms. The molecule has 0 aliphatic heterocycles. The SMILES string of the molecule is CCCP(CC)(CC)(CCOCC)OC(=O)COC. The molecule has 0 N–H and O–H groups in total. The zero-order valence-corrected chi connectivity index (χ0v) is 14.1. The predicted octanol–water partition coefficient (Wildman–Crippen LogP) is 3.13. The van der Waals surface area contributed by atoms with Gasteiger partial charge in [-0.2, -0.15) is 0 Å². The van der Waals surface area contributed by atoms with E-state index in [-0.39, 0.29) is 12.6 Å². The summed E-state index contributed by atoms with van der Waals surface area (Å²) in [5.74, 6) is -0.228. The summed E-state index contributed by atoms with van der Waals surface area (Å²) in [6, 6.07) is 0. The van der Waals surface area contributed by atoms with Crippen LogP contribution in [-0.2, 0) is 18.8 Å². The van der Waals surface area contributed by atoms with Crippen LogP contribution in [0.2, 0.25) is 0 Å². The number of carbonyl (C=O) groups excluding carboxylic acids is 1. The fourth-order valence-corrected chi connectivity index (χ4v) is 7.35. The Kier molecular flexibility index (Phi) is 8.80. The number of carbonyl (C=O) groups is 1. The van der Waals surface area contributed by atoms with Gasteiger partial charge in [0.1, 0.15) is 0 Å². The molecule has 0 aromatic rings. The van der Waals surface area contributed by atoms with Crippen molar-refractivity contribution >= 4 is 12.8 Å². The molecule has 116 valence electrons. The van der Waals surface area contributed by atoms with Crippen LogP contribution < -0.4 is 0 Å². The molecular weight excluding hydrogens is 263 g/mol. The van der Waals surface area contributed by atoms with Crippen molar-refractivity contribution in [3.05, 3.63) is 0 Å². The normalized spacial score (nSPS) is 13.8. The summed E-state index contributed by atoms with van der Waals surface area (Å²) in [7, 11) is 1.52. The van der Waals surface area contributed by atoms with Gasteiger partial charge in [-0.05, 0) is 0 Å². The Hall–Kier alpha value is -0.180. The first-order valence-electron chi connectivity index (χ1n) is 7.31. The summed E-state index contributed by atoms with van der Waals surface area (Å²) < 4.78 is 16.5. The van der Waals surface area contributed by atoms with Gasteiger partial charge in [0.15, 0.2) is 0 Å². The Balaban J connectivity index is 5.07. The van der Waals surface area contributed by atoms with Crippen LogP contribution in [0.25, 0.3) is 0 Å². The third kappa shape index (κ3) is 5.37. The Bertz CT molecular complexity index is 264. The molecule has 0 heterocycles. The molecule has 0 fully saturated rings. The first kappa shape index (κ1) is 18.8. The first-order chi connectivity index (χ1) is 9.01. The molecule has 4 nitrogen and oxygen atoms in total. The Labute approximate surface area is 118 Å². The summed E-state index contributed by atoms with van der Waals surface area (Å²) in [5.41, 5.74) is 0. The molecule has 0 saturated carbocycles. The van der Waals surface area contributed by atoms with Gasteiger partial charge in [-0.15, -0.1) is 0 Å². The predicted molar refractivity (Wildman–Crippen MR) is 82.5 cm³/mol. The van der Waals surface area contributed by atoms with Gasteiger partial charge in [0, 0.05) is 0 Å². The van der Waals surface area contributed by atoms with E-state index in [0.29, 0.717) is 13.2 Å². The van der Waals surface area contributed by atoms with E-state index in [1.165, 1.54) is 7.11 Å². The summed E-state index contributed by atoms with van der Waals surface area (Å²) in [5, 5.41) is 0. The second kappa shape index (κ2) is 8.89. The first-order valence-corrected chi connectivity index (χ1v) is 10.2. The van der Waals surface area contributed by atoms with Crippen molar-refractivity contribution in [2.45, 2.75) is 34.1 Å². The van der Waals surface area contributed by atoms with Crippen LogP contribution in [-0.4, -0.2) is 57.5 Å². The molecule has 0 aliphatic rings. The molecule has 5 heteroatoms. The number of methoxy groups -OCH3 is 1. The summed E-state index contributed by atoms with van der Waals surface area (Å²) in [6.07, 6.45) is 4.75. The van der Waals surface area contributed by atoms with Crippen LogP contribution in [0, 0.1) is 0 Å². The number of ether oxygens (including phenoxy) is 2. The molecule has 0 aromatic heterocycles. The molecule has 0 saturated heterocycles. The maximum atomic E-state index is 11.9. The standard InChI is InChI=1S/C14H31O4P/c1-6-11-19(8-3,9-4,12-10-17-7-2)18-14(15)13-16-5/h6-13H2,1-5H3. The van der Waals surface area contributed by atoms with E-state index in [2.05, 4.69) is 20.8 Å². The van der Waals surface area contributed by atoms with Crippen molar-refractivity contribution in [2.24, 2.45) is 0 Å². The van der Waals surface area contributed by atoms with Crippen LogP contribution in [0.5, 0.6) is 0 Å². The topological polar surface area (TPSA) is 44.8 Å². The van der Waals surface area contributed by atoms with Crippen molar-refractivity contribution in [3.8, 4) is 0 Å². The fraction of sp³-hybridized carbons (Fsp3) is 0.929. The Morgan fingerprint density at radius 3 is 2.11 bits per heavy atom. The van der Waals surface area contributed by atoms with Gasteiger partial charge in [-0.25, -0.2) is 0 Å². The quantitative estimate of drug-likeness (QED) is 0.434. The zero-order chi connectivity index (χ0) is 14.8. The van der Waals surface area contributed by atoms with E-state index in [0.717, 1.165) is 31.1 Å². The Morgan fingerprint density at radius 2 is 1.68 bits per heavy atom. The van der Waals surface area contributed by atoms with Crippen LogP contribution in [0.4, 0.5) is 0 Å². The monoisotopic (exact) mass is 294 g/mol. The van der Waals surface area contributed by atoms with Gasteiger partial charge in [0.25, 0.3) is 0 Å². The van der Waals surface area contributed by atoms with E-state index < -0.39 is 6.83 Å². The molecule has 0 aliphatic carbocycles. The van der Waals surface area contributed by atoms with Gasteiger partial charge < -0.3 is 0 Å². The molecular formula is C14H31O4P. The van der Waals surface area contributed by atoms with E-state index in [4.69, 9.17) is 14.0 Å². The average Bonchev–Trinajstić information content (AvgIpc) is 2.39. The van der Waals surface area contributed by atoms with Crippen LogP contribution in [0.1, 0.15) is 34.1 Å². The molecule has 0 aromatic carbocycles. The molecule has 0 radical (unpaired) electrons. The van der Waals surface area contributed by atoms with E-state index in [1.54, 1.807) is 0 Å². The molecule has 0 unspecified atom stereocenters. The molecule has 19 heavy (non-hydrogen) atoms. The van der Waals surface area contributed by atoms with Gasteiger partial charge >= 0.3 is 117 Å². The second-order valence-electron chi connectivity index (χ2n) is 5.03. The van der Waals surface area contributed by atoms with Crippen molar-refractivity contribution in [2.75, 3.05) is 51.6 Å². The molecule has 0 amide bonds. The molecule has 0 bridgehead atoms. The summed E-state index contributed by atoms with van der Waals surface area (Å²) in [4.78, 5) is 11.9. The fourth-order valence-electron chi connectivity index (χ4n) is 2.63. The van der Waals surface area contributed by atoms with Crippen LogP contribution >= 0.6 is 6.83 Å². The van der Waals surface area contributed by atoms with Crippen LogP contribution in [0.15, 0.2) is 0 Å². The maximum absolute atomic E-state index is 11.9. The van der Waals surface area contributed by atoms with Crippen molar-refractivity contribution in [1.29, 1.82) is 0 Å². The van der Waals surface area contributed by atoms with E-state index in [1.807, 2.05) is 6.92 Å².